The van der Waals surface area contributed by atoms with E-state index < -0.39 is 0 Å². The number of thiazole rings is 1. The molecule has 0 unspecified atom stereocenters. The van der Waals surface area contributed by atoms with E-state index in [1.807, 2.05) is 42.5 Å². The van der Waals surface area contributed by atoms with Crippen LogP contribution >= 0.6 is 11.3 Å². The Labute approximate surface area is 179 Å². The number of carbonyl (C=O) groups excluding carboxylic acids is 1. The van der Waals surface area contributed by atoms with Crippen molar-refractivity contribution in [3.05, 3.63) is 59.4 Å². The minimum Gasteiger partial charge on any atom is -0.511 e. The highest BCUT2D eigenvalue weighted by Crippen LogP contribution is 2.60. The van der Waals surface area contributed by atoms with Gasteiger partial charge in [-0.2, -0.15) is 0 Å². The summed E-state index contributed by atoms with van der Waals surface area (Å²) in [6.07, 6.45) is 4.15. The number of Topliss-reactive ketones (excluding diaryl/α,β-unsaturated/α-hetero) is 1. The zero-order valence-corrected chi connectivity index (χ0v) is 17.6. The van der Waals surface area contributed by atoms with Gasteiger partial charge in [0.2, 0.25) is 0 Å². The second-order valence-corrected chi connectivity index (χ2v) is 9.72. The summed E-state index contributed by atoms with van der Waals surface area (Å²) in [5.41, 5.74) is 3.34. The van der Waals surface area contributed by atoms with E-state index >= 15 is 0 Å². The largest absolute Gasteiger partial charge is 0.511 e. The van der Waals surface area contributed by atoms with Crippen molar-refractivity contribution in [2.45, 2.75) is 32.6 Å². The van der Waals surface area contributed by atoms with E-state index in [0.29, 0.717) is 34.1 Å². The van der Waals surface area contributed by atoms with Crippen molar-refractivity contribution in [2.75, 3.05) is 0 Å². The Morgan fingerprint density at radius 3 is 2.70 bits per heavy atom. The molecular formula is C25H23NO3S. The van der Waals surface area contributed by atoms with Crippen LogP contribution in [0, 0.1) is 23.7 Å². The van der Waals surface area contributed by atoms with Gasteiger partial charge in [-0.15, -0.1) is 0 Å². The summed E-state index contributed by atoms with van der Waals surface area (Å²) in [7, 11) is 0. The maximum Gasteiger partial charge on any atom is 0.279 e. The summed E-state index contributed by atoms with van der Waals surface area (Å²) in [5.74, 6) is 2.03. The lowest BCUT2D eigenvalue weighted by atomic mass is 9.80. The number of benzene rings is 2. The number of allylic oxidation sites excluding steroid dienone is 2. The predicted molar refractivity (Wildman–Crippen MR) is 118 cm³/mol. The van der Waals surface area contributed by atoms with Crippen molar-refractivity contribution >= 4 is 32.9 Å². The highest BCUT2D eigenvalue weighted by atomic mass is 32.1. The zero-order valence-electron chi connectivity index (χ0n) is 16.8. The van der Waals surface area contributed by atoms with Crippen LogP contribution in [0.1, 0.15) is 37.3 Å². The third-order valence-corrected chi connectivity index (χ3v) is 8.16. The number of ketones is 1. The number of carbonyl (C=O) groups is 1. The number of nitrogens with zero attached hydrogens (tertiary/aromatic N) is 1. The van der Waals surface area contributed by atoms with Crippen molar-refractivity contribution in [3.63, 3.8) is 0 Å². The number of para-hydroxylation sites is 1. The van der Waals surface area contributed by atoms with Crippen LogP contribution in [0.25, 0.3) is 15.8 Å². The van der Waals surface area contributed by atoms with Gasteiger partial charge in [-0.05, 0) is 72.9 Å². The molecule has 2 fully saturated rings. The second-order valence-electron chi connectivity index (χ2n) is 8.73. The van der Waals surface area contributed by atoms with Gasteiger partial charge in [0.1, 0.15) is 11.5 Å². The van der Waals surface area contributed by atoms with E-state index in [9.17, 15) is 9.90 Å². The molecule has 2 bridgehead atoms. The molecule has 152 valence electrons. The number of aromatic nitrogens is 1. The molecule has 3 aliphatic carbocycles. The van der Waals surface area contributed by atoms with Crippen molar-refractivity contribution < 1.29 is 14.6 Å². The molecule has 2 aromatic carbocycles. The lowest BCUT2D eigenvalue weighted by Crippen LogP contribution is -2.24. The number of hydrogen-bond acceptors (Lipinski definition) is 5. The Morgan fingerprint density at radius 1 is 1.13 bits per heavy atom. The van der Waals surface area contributed by atoms with E-state index in [0.717, 1.165) is 47.0 Å². The molecule has 1 aromatic heterocycles. The summed E-state index contributed by atoms with van der Waals surface area (Å²) in [5, 5.41) is 11.7. The molecule has 30 heavy (non-hydrogen) atoms. The van der Waals surface area contributed by atoms with Crippen molar-refractivity contribution in [1.29, 1.82) is 0 Å². The molecule has 2 saturated carbocycles. The monoisotopic (exact) mass is 417 g/mol. The highest BCUT2D eigenvalue weighted by Gasteiger charge is 2.57. The number of aliphatic hydroxyl groups excluding tert-OH is 1. The third-order valence-electron chi connectivity index (χ3n) is 7.25. The molecule has 0 radical (unpaired) electrons. The van der Waals surface area contributed by atoms with Gasteiger partial charge in [-0.25, -0.2) is 4.98 Å². The fourth-order valence-corrected chi connectivity index (χ4v) is 6.78. The summed E-state index contributed by atoms with van der Waals surface area (Å²) in [6, 6.07) is 13.8. The Bertz CT molecular complexity index is 1180. The van der Waals surface area contributed by atoms with Crippen molar-refractivity contribution in [2.24, 2.45) is 23.7 Å². The number of aliphatic hydroxyl groups is 1. The van der Waals surface area contributed by atoms with Crippen LogP contribution in [0.5, 0.6) is 10.9 Å². The molecule has 6 rings (SSSR count). The minimum absolute atomic E-state index is 0.0164. The first-order valence-electron chi connectivity index (χ1n) is 10.8. The van der Waals surface area contributed by atoms with Gasteiger partial charge in [-0.3, -0.25) is 4.79 Å². The van der Waals surface area contributed by atoms with Crippen LogP contribution in [-0.4, -0.2) is 15.9 Å². The van der Waals surface area contributed by atoms with Crippen LogP contribution in [0.15, 0.2) is 48.2 Å². The maximum absolute atomic E-state index is 13.4. The average Bonchev–Trinajstić information content (AvgIpc) is 3.51. The summed E-state index contributed by atoms with van der Waals surface area (Å²) < 4.78 is 7.15. The van der Waals surface area contributed by atoms with Gasteiger partial charge in [-0.1, -0.05) is 36.5 Å². The smallest absolute Gasteiger partial charge is 0.279 e. The number of aryl methyl sites for hydroxylation is 1. The first-order valence-corrected chi connectivity index (χ1v) is 11.6. The summed E-state index contributed by atoms with van der Waals surface area (Å²) >= 11 is 1.50. The molecule has 5 heteroatoms. The van der Waals surface area contributed by atoms with Crippen LogP contribution in [0.4, 0.5) is 0 Å². The molecule has 0 spiro atoms. The fourth-order valence-electron chi connectivity index (χ4n) is 5.95. The Morgan fingerprint density at radius 2 is 1.93 bits per heavy atom. The first kappa shape index (κ1) is 18.1. The van der Waals surface area contributed by atoms with E-state index in [1.165, 1.54) is 11.3 Å². The Balaban J connectivity index is 1.39. The van der Waals surface area contributed by atoms with Crippen LogP contribution in [0.2, 0.25) is 0 Å². The molecule has 0 amide bonds. The highest BCUT2D eigenvalue weighted by molar-refractivity contribution is 7.20. The fraction of sp³-hybridized carbons (Fsp3) is 0.360. The SMILES string of the molecule is CCc1ccc(Oc2nc3ccccc3s2)cc1C1=C(O)[C@@H]2[C@@H]3CC[C@@H](C3)[C@@H]2C1=O. The number of hydrogen-bond donors (Lipinski definition) is 1. The first-order chi connectivity index (χ1) is 14.6. The maximum atomic E-state index is 13.4. The van der Waals surface area contributed by atoms with E-state index in [-0.39, 0.29) is 17.6 Å². The number of ether oxygens (including phenoxy) is 1. The lowest BCUT2D eigenvalue weighted by Gasteiger charge is -2.23. The second kappa shape index (κ2) is 6.67. The lowest BCUT2D eigenvalue weighted by molar-refractivity contribution is -0.118. The van der Waals surface area contributed by atoms with E-state index in [1.54, 1.807) is 0 Å². The zero-order chi connectivity index (χ0) is 20.4. The average molecular weight is 418 g/mol. The third kappa shape index (κ3) is 2.58. The summed E-state index contributed by atoms with van der Waals surface area (Å²) in [4.78, 5) is 17.9. The van der Waals surface area contributed by atoms with Gasteiger partial charge in [0.15, 0.2) is 5.78 Å². The van der Waals surface area contributed by atoms with Gasteiger partial charge >= 0.3 is 0 Å². The molecule has 0 aliphatic heterocycles. The van der Waals surface area contributed by atoms with Gasteiger partial charge in [0.25, 0.3) is 5.19 Å². The standard InChI is InChI=1S/C25H23NO3S/c1-2-13-9-10-16(29-25-26-18-5-3-4-6-19(18)30-25)12-17(13)22-23(27)20-14-7-8-15(11-14)21(20)24(22)28/h3-6,9-10,12,14-15,20-21,27H,2,7-8,11H2,1H3/t14-,15+,20-,21+/m1/s1. The van der Waals surface area contributed by atoms with Crippen LogP contribution < -0.4 is 4.74 Å². The van der Waals surface area contributed by atoms with Crippen molar-refractivity contribution in [3.8, 4) is 10.9 Å². The Hall–Kier alpha value is -2.66. The predicted octanol–water partition coefficient (Wildman–Crippen LogP) is 6.17. The number of rotatable bonds is 4. The van der Waals surface area contributed by atoms with E-state index in [4.69, 9.17) is 4.74 Å². The van der Waals surface area contributed by atoms with Crippen LogP contribution in [-0.2, 0) is 11.2 Å². The van der Waals surface area contributed by atoms with E-state index in [2.05, 4.69) is 11.9 Å². The quantitative estimate of drug-likeness (QED) is 0.552. The number of fused-ring (bicyclic) bond motifs is 6. The normalized spacial score (nSPS) is 27.3. The molecule has 3 aliphatic rings. The van der Waals surface area contributed by atoms with Gasteiger partial charge in [0, 0.05) is 11.8 Å². The van der Waals surface area contributed by atoms with Crippen LogP contribution in [0.3, 0.4) is 0 Å². The molecule has 4 atom stereocenters. The Kier molecular flexibility index (Phi) is 4.03. The summed E-state index contributed by atoms with van der Waals surface area (Å²) in [6.45, 7) is 2.08. The van der Waals surface area contributed by atoms with Gasteiger partial charge < -0.3 is 9.84 Å². The minimum atomic E-state index is -0.0164. The topological polar surface area (TPSA) is 59.4 Å². The molecule has 3 aromatic rings. The molecule has 1 heterocycles. The van der Waals surface area contributed by atoms with Gasteiger partial charge in [0.05, 0.1) is 15.8 Å². The molecular weight excluding hydrogens is 394 g/mol. The molecule has 1 N–H and O–H groups in total. The van der Waals surface area contributed by atoms with Crippen molar-refractivity contribution in [1.82, 2.24) is 4.98 Å². The molecule has 4 nitrogen and oxygen atoms in total. The molecule has 0 saturated heterocycles.